The first kappa shape index (κ1) is 39.5. The van der Waals surface area contributed by atoms with Gasteiger partial charge in [0.15, 0.2) is 0 Å². The minimum absolute atomic E-state index is 0.185. The standard InChI is InChI=1S/C23H25N5O2S.C21H20N4O3S/c1-23(22(29)28(2)3)6-5-15-18(9-23)31-21-19(15)20(25-12-26-21)27-16-7-13-10-24-11-14(13)8-17(16)30-4;1-21(20(26)27)4-3-13-16(7-21)29-19-17(13)18(23-10-24-19)25-14-5-11-8-22-9-12(11)6-15(14)28-2/h7-8,10,12H,5-6,9,11H2,1-4H3,(H,25,26,27);5-6,8,10H,3-4,7,9H2,1-2H3,(H,26,27)(H,23,24,25)/t23-;21-/m00/s1. The maximum absolute atomic E-state index is 12.8. The summed E-state index contributed by atoms with van der Waals surface area (Å²) in [6, 6.07) is 8.12. The fraction of sp³-hybridized carbons (Fsp3) is 0.364. The van der Waals surface area contributed by atoms with Crippen LogP contribution in [0.15, 0.2) is 46.9 Å². The molecule has 2 atom stereocenters. The lowest BCUT2D eigenvalue weighted by molar-refractivity contribution is -0.148. The Labute approximate surface area is 354 Å². The van der Waals surface area contributed by atoms with Gasteiger partial charge in [0.25, 0.3) is 0 Å². The number of carboxylic acid groups (broad SMARTS) is 1. The second-order valence-electron chi connectivity index (χ2n) is 16.5. The Bertz CT molecular complexity index is 2800. The van der Waals surface area contributed by atoms with E-state index >= 15 is 0 Å². The molecule has 4 aromatic heterocycles. The van der Waals surface area contributed by atoms with Crippen LogP contribution in [-0.4, -0.2) is 82.6 Å². The first-order chi connectivity index (χ1) is 28.9. The number of nitrogens with zero attached hydrogens (tertiary/aromatic N) is 7. The van der Waals surface area contributed by atoms with E-state index in [1.807, 2.05) is 51.6 Å². The summed E-state index contributed by atoms with van der Waals surface area (Å²) in [5.41, 5.74) is 7.47. The molecule has 0 bridgehead atoms. The largest absolute Gasteiger partial charge is 0.495 e. The third-order valence-electron chi connectivity index (χ3n) is 12.1. The highest BCUT2D eigenvalue weighted by molar-refractivity contribution is 7.19. The van der Waals surface area contributed by atoms with Gasteiger partial charge in [0.05, 0.1) is 60.3 Å². The van der Waals surface area contributed by atoms with Crippen molar-refractivity contribution < 1.29 is 24.2 Å². The van der Waals surface area contributed by atoms with Gasteiger partial charge in [0.1, 0.15) is 45.5 Å². The van der Waals surface area contributed by atoms with Crippen LogP contribution in [-0.2, 0) is 48.4 Å². The monoisotopic (exact) mass is 843 g/mol. The number of carboxylic acids is 1. The fourth-order valence-corrected chi connectivity index (χ4v) is 11.5. The molecule has 308 valence electrons. The number of nitrogens with one attached hydrogen (secondary N) is 2. The van der Waals surface area contributed by atoms with E-state index in [0.717, 1.165) is 107 Å². The Kier molecular flexibility index (Phi) is 10.0. The van der Waals surface area contributed by atoms with Gasteiger partial charge >= 0.3 is 5.97 Å². The van der Waals surface area contributed by atoms with E-state index < -0.39 is 11.4 Å². The molecular formula is C44H45N9O5S2. The average molecular weight is 844 g/mol. The molecule has 60 heavy (non-hydrogen) atoms. The number of benzene rings is 2. The highest BCUT2D eigenvalue weighted by Crippen LogP contribution is 2.47. The number of anilines is 4. The maximum atomic E-state index is 12.8. The van der Waals surface area contributed by atoms with Crippen LogP contribution in [0.5, 0.6) is 11.5 Å². The third kappa shape index (κ3) is 6.90. The summed E-state index contributed by atoms with van der Waals surface area (Å²) >= 11 is 3.24. The smallest absolute Gasteiger partial charge is 0.309 e. The van der Waals surface area contributed by atoms with Crippen molar-refractivity contribution in [2.75, 3.05) is 38.9 Å². The van der Waals surface area contributed by atoms with Gasteiger partial charge in [-0.15, -0.1) is 22.7 Å². The maximum Gasteiger partial charge on any atom is 0.309 e. The highest BCUT2D eigenvalue weighted by atomic mass is 32.1. The highest BCUT2D eigenvalue weighted by Gasteiger charge is 2.41. The van der Waals surface area contributed by atoms with Gasteiger partial charge in [0, 0.05) is 36.3 Å². The molecule has 10 rings (SSSR count). The molecule has 2 aliphatic heterocycles. The number of carbonyl (C=O) groups excluding carboxylic acids is 1. The van der Waals surface area contributed by atoms with Gasteiger partial charge < -0.3 is 30.1 Å². The Morgan fingerprint density at radius 2 is 1.18 bits per heavy atom. The number of ether oxygens (including phenoxy) is 2. The number of rotatable bonds is 8. The lowest BCUT2D eigenvalue weighted by atomic mass is 9.74. The van der Waals surface area contributed by atoms with E-state index in [1.165, 1.54) is 10.4 Å². The summed E-state index contributed by atoms with van der Waals surface area (Å²) in [6.45, 7) is 5.26. The van der Waals surface area contributed by atoms with Gasteiger partial charge in [0.2, 0.25) is 5.91 Å². The molecule has 14 nitrogen and oxygen atoms in total. The number of hydrogen-bond acceptors (Lipinski definition) is 14. The molecule has 2 aliphatic carbocycles. The number of aliphatic imine (C=N–C) groups is 2. The Morgan fingerprint density at radius 3 is 1.63 bits per heavy atom. The van der Waals surface area contributed by atoms with Crippen molar-refractivity contribution in [3.63, 3.8) is 0 Å². The van der Waals surface area contributed by atoms with Crippen LogP contribution in [0.2, 0.25) is 0 Å². The Hall–Kier alpha value is -6.00. The summed E-state index contributed by atoms with van der Waals surface area (Å²) in [7, 11) is 6.98. The zero-order valence-electron chi connectivity index (χ0n) is 34.3. The average Bonchev–Trinajstić information content (AvgIpc) is 4.04. The van der Waals surface area contributed by atoms with Crippen molar-refractivity contribution in [1.82, 2.24) is 24.8 Å². The van der Waals surface area contributed by atoms with E-state index in [-0.39, 0.29) is 11.3 Å². The first-order valence-corrected chi connectivity index (χ1v) is 21.4. The fourth-order valence-electron chi connectivity index (χ4n) is 8.73. The second kappa shape index (κ2) is 15.2. The number of methoxy groups -OCH3 is 2. The van der Waals surface area contributed by atoms with Crippen molar-refractivity contribution in [3.05, 3.63) is 80.1 Å². The van der Waals surface area contributed by atoms with Gasteiger partial charge in [-0.05, 0) is 103 Å². The number of aliphatic carboxylic acids is 1. The van der Waals surface area contributed by atoms with Crippen LogP contribution in [0.1, 0.15) is 69.8 Å². The van der Waals surface area contributed by atoms with Crippen LogP contribution in [0.4, 0.5) is 23.0 Å². The lowest BCUT2D eigenvalue weighted by Crippen LogP contribution is -2.41. The minimum Gasteiger partial charge on any atom is -0.495 e. The Morgan fingerprint density at radius 1 is 0.717 bits per heavy atom. The van der Waals surface area contributed by atoms with Crippen molar-refractivity contribution in [3.8, 4) is 11.5 Å². The van der Waals surface area contributed by atoms with Crippen LogP contribution in [0, 0.1) is 10.8 Å². The van der Waals surface area contributed by atoms with Gasteiger partial charge in [-0.3, -0.25) is 19.6 Å². The first-order valence-electron chi connectivity index (χ1n) is 19.8. The summed E-state index contributed by atoms with van der Waals surface area (Å²) in [5.74, 6) is 2.45. The van der Waals surface area contributed by atoms with E-state index in [9.17, 15) is 14.7 Å². The molecule has 2 aromatic carbocycles. The molecule has 16 heteroatoms. The number of carbonyl (C=O) groups is 2. The molecule has 0 saturated carbocycles. The molecule has 6 heterocycles. The Balaban J connectivity index is 0.000000154. The van der Waals surface area contributed by atoms with Crippen LogP contribution in [0.3, 0.4) is 0 Å². The van der Waals surface area contributed by atoms with Crippen molar-refractivity contribution in [2.45, 2.75) is 65.5 Å². The molecule has 1 amide bonds. The molecular weight excluding hydrogens is 799 g/mol. The van der Waals surface area contributed by atoms with Crippen molar-refractivity contribution in [2.24, 2.45) is 20.8 Å². The van der Waals surface area contributed by atoms with E-state index in [2.05, 4.69) is 53.5 Å². The molecule has 3 N–H and O–H groups in total. The summed E-state index contributed by atoms with van der Waals surface area (Å²) in [6.07, 6.45) is 11.1. The van der Waals surface area contributed by atoms with Gasteiger partial charge in [-0.25, -0.2) is 19.9 Å². The number of aromatic nitrogens is 4. The molecule has 4 aliphatic rings. The number of amides is 1. The van der Waals surface area contributed by atoms with Gasteiger partial charge in [-0.1, -0.05) is 6.92 Å². The van der Waals surface area contributed by atoms with Crippen LogP contribution < -0.4 is 20.1 Å². The zero-order chi connectivity index (χ0) is 41.9. The van der Waals surface area contributed by atoms with Crippen molar-refractivity contribution in [1.29, 1.82) is 0 Å². The minimum atomic E-state index is -0.741. The predicted octanol–water partition coefficient (Wildman–Crippen LogP) is 7.91. The number of fused-ring (bicyclic) bond motifs is 8. The third-order valence-corrected chi connectivity index (χ3v) is 14.4. The number of aryl methyl sites for hydroxylation is 2. The summed E-state index contributed by atoms with van der Waals surface area (Å²) in [5, 5.41) is 18.6. The molecule has 6 aromatic rings. The number of thiophene rings is 2. The molecule has 0 unspecified atom stereocenters. The molecule has 0 saturated heterocycles. The SMILES string of the molecule is COc1cc2c(cc1Nc1ncnc3sc4c(c13)CC[C@](C)(C(=O)N(C)C)C4)C=NC2.COc1cc2c(cc1Nc1ncnc3sc4c(c13)CC[C@](C)(C(=O)O)C4)C=NC2. The zero-order valence-corrected chi connectivity index (χ0v) is 35.9. The van der Waals surface area contributed by atoms with Crippen LogP contribution >= 0.6 is 22.7 Å². The van der Waals surface area contributed by atoms with E-state index in [4.69, 9.17) is 9.47 Å². The molecule has 0 spiro atoms. The normalized spacial score (nSPS) is 19.5. The number of hydrogen-bond donors (Lipinski definition) is 3. The topological polar surface area (TPSA) is 176 Å². The molecule has 0 fully saturated rings. The van der Waals surface area contributed by atoms with E-state index in [1.54, 1.807) is 54.4 Å². The summed E-state index contributed by atoms with van der Waals surface area (Å²) < 4.78 is 11.2. The quantitative estimate of drug-likeness (QED) is 0.136. The van der Waals surface area contributed by atoms with Crippen LogP contribution in [0.25, 0.3) is 20.4 Å². The van der Waals surface area contributed by atoms with Gasteiger partial charge in [-0.2, -0.15) is 0 Å². The molecule has 0 radical (unpaired) electrons. The summed E-state index contributed by atoms with van der Waals surface area (Å²) in [4.78, 5) is 57.1. The predicted molar refractivity (Wildman–Crippen MR) is 237 cm³/mol. The lowest BCUT2D eigenvalue weighted by Gasteiger charge is -2.34. The van der Waals surface area contributed by atoms with E-state index in [0.29, 0.717) is 32.4 Å². The second-order valence-corrected chi connectivity index (χ2v) is 18.7. The van der Waals surface area contributed by atoms with Crippen molar-refractivity contribution >= 4 is 90.4 Å².